The SMILES string of the molecule is CC(C)Oc1ccc(N(CCCC(=O)NCCc2ccc(Cl)cc2)S(C)(=O)=O)cc1. The topological polar surface area (TPSA) is 75.7 Å². The average molecular weight is 453 g/mol. The Hall–Kier alpha value is -2.25. The number of benzene rings is 2. The highest BCUT2D eigenvalue weighted by Gasteiger charge is 2.17. The number of carbonyl (C=O) groups is 1. The fourth-order valence-corrected chi connectivity index (χ4v) is 4.01. The lowest BCUT2D eigenvalue weighted by atomic mass is 10.1. The van der Waals surface area contributed by atoms with Crippen LogP contribution in [0.4, 0.5) is 5.69 Å². The van der Waals surface area contributed by atoms with Gasteiger partial charge in [-0.1, -0.05) is 23.7 Å². The first kappa shape index (κ1) is 24.0. The average Bonchev–Trinajstić information content (AvgIpc) is 2.66. The Labute approximate surface area is 184 Å². The Morgan fingerprint density at radius 3 is 2.30 bits per heavy atom. The Balaban J connectivity index is 1.83. The summed E-state index contributed by atoms with van der Waals surface area (Å²) in [7, 11) is -3.46. The second-order valence-electron chi connectivity index (χ2n) is 7.33. The van der Waals surface area contributed by atoms with Crippen LogP contribution in [0.3, 0.4) is 0 Å². The van der Waals surface area contributed by atoms with Crippen LogP contribution in [0.2, 0.25) is 5.02 Å². The minimum Gasteiger partial charge on any atom is -0.491 e. The number of sulfonamides is 1. The Kier molecular flexibility index (Phi) is 8.99. The van der Waals surface area contributed by atoms with Crippen molar-refractivity contribution in [2.75, 3.05) is 23.7 Å². The number of rotatable bonds is 11. The predicted molar refractivity (Wildman–Crippen MR) is 122 cm³/mol. The van der Waals surface area contributed by atoms with E-state index >= 15 is 0 Å². The van der Waals surface area contributed by atoms with Crippen molar-refractivity contribution in [1.29, 1.82) is 0 Å². The summed E-state index contributed by atoms with van der Waals surface area (Å²) in [6, 6.07) is 14.4. The van der Waals surface area contributed by atoms with Crippen molar-refractivity contribution in [3.63, 3.8) is 0 Å². The van der Waals surface area contributed by atoms with Crippen molar-refractivity contribution >= 4 is 33.2 Å². The molecule has 0 saturated carbocycles. The molecule has 2 aromatic carbocycles. The Morgan fingerprint density at radius 1 is 1.10 bits per heavy atom. The van der Waals surface area contributed by atoms with Crippen LogP contribution in [0, 0.1) is 0 Å². The molecule has 0 radical (unpaired) electrons. The zero-order valence-electron chi connectivity index (χ0n) is 17.6. The van der Waals surface area contributed by atoms with E-state index in [1.165, 1.54) is 4.31 Å². The maximum absolute atomic E-state index is 12.2. The standard InChI is InChI=1S/C22H29ClN2O4S/c1-17(2)29-21-12-10-20(11-13-21)25(30(3,27)28)16-4-5-22(26)24-15-14-18-6-8-19(23)9-7-18/h6-13,17H,4-5,14-16H2,1-3H3,(H,24,26). The van der Waals surface area contributed by atoms with Crippen molar-refractivity contribution in [3.8, 4) is 5.75 Å². The van der Waals surface area contributed by atoms with Crippen molar-refractivity contribution in [3.05, 3.63) is 59.1 Å². The van der Waals surface area contributed by atoms with Crippen LogP contribution in [0.25, 0.3) is 0 Å². The van der Waals surface area contributed by atoms with E-state index < -0.39 is 10.0 Å². The molecule has 0 fully saturated rings. The first-order valence-electron chi connectivity index (χ1n) is 9.91. The van der Waals surface area contributed by atoms with Gasteiger partial charge in [0.1, 0.15) is 5.75 Å². The summed E-state index contributed by atoms with van der Waals surface area (Å²) in [5.74, 6) is 0.584. The zero-order chi connectivity index (χ0) is 22.1. The number of hydrogen-bond acceptors (Lipinski definition) is 4. The smallest absolute Gasteiger partial charge is 0.232 e. The number of amides is 1. The lowest BCUT2D eigenvalue weighted by molar-refractivity contribution is -0.121. The fourth-order valence-electron chi connectivity index (χ4n) is 2.92. The maximum Gasteiger partial charge on any atom is 0.232 e. The highest BCUT2D eigenvalue weighted by molar-refractivity contribution is 7.92. The fraction of sp³-hybridized carbons (Fsp3) is 0.409. The van der Waals surface area contributed by atoms with E-state index in [2.05, 4.69) is 5.32 Å². The van der Waals surface area contributed by atoms with Gasteiger partial charge in [0.15, 0.2) is 0 Å². The van der Waals surface area contributed by atoms with E-state index in [1.54, 1.807) is 24.3 Å². The number of nitrogens with zero attached hydrogens (tertiary/aromatic N) is 1. The van der Waals surface area contributed by atoms with E-state index in [9.17, 15) is 13.2 Å². The summed E-state index contributed by atoms with van der Waals surface area (Å²) < 4.78 is 31.3. The van der Waals surface area contributed by atoms with Gasteiger partial charge in [0, 0.05) is 24.5 Å². The summed E-state index contributed by atoms with van der Waals surface area (Å²) in [5, 5.41) is 3.55. The van der Waals surface area contributed by atoms with E-state index in [4.69, 9.17) is 16.3 Å². The van der Waals surface area contributed by atoms with E-state index in [-0.39, 0.29) is 25.0 Å². The number of halogens is 1. The minimum atomic E-state index is -3.46. The minimum absolute atomic E-state index is 0.0417. The molecule has 0 aliphatic carbocycles. The number of hydrogen-bond donors (Lipinski definition) is 1. The molecule has 0 aliphatic rings. The molecule has 1 N–H and O–H groups in total. The van der Waals surface area contributed by atoms with Gasteiger partial charge in [0.25, 0.3) is 0 Å². The van der Waals surface area contributed by atoms with Crippen LogP contribution in [-0.2, 0) is 21.2 Å². The van der Waals surface area contributed by atoms with Gasteiger partial charge in [-0.3, -0.25) is 9.10 Å². The summed E-state index contributed by atoms with van der Waals surface area (Å²) >= 11 is 5.86. The molecule has 6 nitrogen and oxygen atoms in total. The van der Waals surface area contributed by atoms with Gasteiger partial charge >= 0.3 is 0 Å². The van der Waals surface area contributed by atoms with E-state index in [0.29, 0.717) is 35.8 Å². The molecule has 0 heterocycles. The Bertz CT molecular complexity index is 913. The number of ether oxygens (including phenoxy) is 1. The number of carbonyl (C=O) groups excluding carboxylic acids is 1. The monoisotopic (exact) mass is 452 g/mol. The van der Waals surface area contributed by atoms with Gasteiger partial charge in [0.2, 0.25) is 15.9 Å². The van der Waals surface area contributed by atoms with Gasteiger partial charge < -0.3 is 10.1 Å². The summed E-state index contributed by atoms with van der Waals surface area (Å²) in [6.45, 7) is 4.61. The maximum atomic E-state index is 12.2. The molecule has 30 heavy (non-hydrogen) atoms. The zero-order valence-corrected chi connectivity index (χ0v) is 19.2. The molecular weight excluding hydrogens is 424 g/mol. The molecule has 0 aromatic heterocycles. The van der Waals surface area contributed by atoms with Gasteiger partial charge in [-0.05, 0) is 68.7 Å². The highest BCUT2D eigenvalue weighted by atomic mass is 35.5. The second-order valence-corrected chi connectivity index (χ2v) is 9.67. The van der Waals surface area contributed by atoms with Crippen LogP contribution in [0.15, 0.2) is 48.5 Å². The molecule has 2 rings (SSSR count). The first-order chi connectivity index (χ1) is 14.1. The molecule has 0 bridgehead atoms. The summed E-state index contributed by atoms with van der Waals surface area (Å²) in [5.41, 5.74) is 1.64. The molecule has 1 amide bonds. The van der Waals surface area contributed by atoms with E-state index in [1.807, 2.05) is 38.1 Å². The molecule has 0 saturated heterocycles. The third kappa shape index (κ3) is 8.24. The largest absolute Gasteiger partial charge is 0.491 e. The molecule has 0 atom stereocenters. The van der Waals surface area contributed by atoms with Gasteiger partial charge in [-0.25, -0.2) is 8.42 Å². The van der Waals surface area contributed by atoms with Gasteiger partial charge in [-0.2, -0.15) is 0 Å². The third-order valence-corrected chi connectivity index (χ3v) is 5.76. The molecule has 2 aromatic rings. The van der Waals surface area contributed by atoms with Gasteiger partial charge in [-0.15, -0.1) is 0 Å². The molecule has 0 aliphatic heterocycles. The van der Waals surface area contributed by atoms with Crippen molar-refractivity contribution in [2.24, 2.45) is 0 Å². The number of nitrogens with one attached hydrogen (secondary N) is 1. The quantitative estimate of drug-likeness (QED) is 0.558. The molecule has 164 valence electrons. The number of anilines is 1. The van der Waals surface area contributed by atoms with Crippen LogP contribution < -0.4 is 14.4 Å². The lowest BCUT2D eigenvalue weighted by Gasteiger charge is -2.22. The van der Waals surface area contributed by atoms with Crippen LogP contribution in [-0.4, -0.2) is 39.8 Å². The summed E-state index contributed by atoms with van der Waals surface area (Å²) in [4.78, 5) is 12.1. The third-order valence-electron chi connectivity index (χ3n) is 4.31. The first-order valence-corrected chi connectivity index (χ1v) is 12.1. The van der Waals surface area contributed by atoms with Crippen LogP contribution in [0.1, 0.15) is 32.3 Å². The lowest BCUT2D eigenvalue weighted by Crippen LogP contribution is -2.32. The van der Waals surface area contributed by atoms with Crippen LogP contribution in [0.5, 0.6) is 5.75 Å². The Morgan fingerprint density at radius 2 is 1.73 bits per heavy atom. The predicted octanol–water partition coefficient (Wildman–Crippen LogP) is 4.03. The molecule has 0 spiro atoms. The molecule has 8 heteroatoms. The van der Waals surface area contributed by atoms with E-state index in [0.717, 1.165) is 11.8 Å². The summed E-state index contributed by atoms with van der Waals surface area (Å²) in [6.07, 6.45) is 2.59. The van der Waals surface area contributed by atoms with Crippen LogP contribution >= 0.6 is 11.6 Å². The van der Waals surface area contributed by atoms with Crippen molar-refractivity contribution in [2.45, 2.75) is 39.2 Å². The highest BCUT2D eigenvalue weighted by Crippen LogP contribution is 2.22. The molecule has 0 unspecified atom stereocenters. The van der Waals surface area contributed by atoms with Crippen molar-refractivity contribution in [1.82, 2.24) is 5.32 Å². The van der Waals surface area contributed by atoms with Crippen molar-refractivity contribution < 1.29 is 17.9 Å². The normalized spacial score (nSPS) is 11.4. The molecular formula is C22H29ClN2O4S. The van der Waals surface area contributed by atoms with Gasteiger partial charge in [0.05, 0.1) is 18.0 Å². The second kappa shape index (κ2) is 11.2.